The number of hydrogen-bond acceptors (Lipinski definition) is 8. The maximum atomic E-state index is 12.3. The predicted molar refractivity (Wildman–Crippen MR) is 208 cm³/mol. The standard InChI is InChI=1S/C41H69O9P/c1-30(2)15-9-16-31(3)17-10-18-32(4)19-11-20-33(5)21-12-22-34(6)23-13-24-35(7)25-14-26-36(8)27-28-48-51(46,47)50-41-40(45)39(44)38(43)37(29-42)49-41/h15,17,19,21,23,25,27,37-45H,9-14,16,18,20,22,24,26,28-29H2,1-8H3,(H,46,47)/b31-17+,32-19+,33-21+,34-23+,35-25+,36-27+/t37-,38-,39+,40+,41-/m1/s1. The molecule has 0 amide bonds. The fourth-order valence-electron chi connectivity index (χ4n) is 5.52. The third kappa shape index (κ3) is 22.0. The smallest absolute Gasteiger partial charge is 0.394 e. The van der Waals surface area contributed by atoms with Gasteiger partial charge in [-0.2, -0.15) is 0 Å². The second-order valence-electron chi connectivity index (χ2n) is 14.4. The summed E-state index contributed by atoms with van der Waals surface area (Å²) in [6.45, 7) is 16.4. The van der Waals surface area contributed by atoms with Crippen molar-refractivity contribution >= 4 is 7.82 Å². The van der Waals surface area contributed by atoms with Crippen LogP contribution in [0.15, 0.2) is 81.5 Å². The molecule has 0 aromatic carbocycles. The summed E-state index contributed by atoms with van der Waals surface area (Å²) >= 11 is 0. The lowest BCUT2D eigenvalue weighted by Crippen LogP contribution is -2.58. The number of aliphatic hydroxyl groups excluding tert-OH is 4. The van der Waals surface area contributed by atoms with E-state index in [9.17, 15) is 29.9 Å². The fourth-order valence-corrected chi connectivity index (χ4v) is 6.28. The molecule has 1 heterocycles. The first-order valence-corrected chi connectivity index (χ1v) is 20.1. The second kappa shape index (κ2) is 26.0. The van der Waals surface area contributed by atoms with Crippen molar-refractivity contribution in [1.29, 1.82) is 0 Å². The number of aliphatic hydroxyl groups is 4. The molecule has 10 heteroatoms. The molecule has 51 heavy (non-hydrogen) atoms. The average molecular weight is 737 g/mol. The minimum atomic E-state index is -4.66. The van der Waals surface area contributed by atoms with Gasteiger partial charge >= 0.3 is 7.82 Å². The predicted octanol–water partition coefficient (Wildman–Crippen LogP) is 9.25. The summed E-state index contributed by atoms with van der Waals surface area (Å²) in [6.07, 6.45) is 20.1. The molecule has 0 aliphatic carbocycles. The number of rotatable bonds is 24. The van der Waals surface area contributed by atoms with Crippen LogP contribution in [-0.2, 0) is 18.3 Å². The molecule has 5 N–H and O–H groups in total. The highest BCUT2D eigenvalue weighted by molar-refractivity contribution is 7.47. The highest BCUT2D eigenvalue weighted by atomic mass is 31.2. The molecule has 0 spiro atoms. The van der Waals surface area contributed by atoms with Crippen molar-refractivity contribution in [3.8, 4) is 0 Å². The molecule has 1 unspecified atom stereocenters. The Labute approximate surface area is 308 Å². The van der Waals surface area contributed by atoms with Crippen molar-refractivity contribution in [2.75, 3.05) is 13.2 Å². The molecule has 1 aliphatic rings. The Morgan fingerprint density at radius 1 is 0.569 bits per heavy atom. The van der Waals surface area contributed by atoms with Crippen LogP contribution in [0, 0.1) is 0 Å². The van der Waals surface area contributed by atoms with E-state index in [1.807, 2.05) is 6.92 Å². The Morgan fingerprint density at radius 2 is 0.922 bits per heavy atom. The van der Waals surface area contributed by atoms with Crippen LogP contribution in [-0.4, -0.2) is 69.2 Å². The Balaban J connectivity index is 2.30. The van der Waals surface area contributed by atoms with Gasteiger partial charge in [0.05, 0.1) is 13.2 Å². The van der Waals surface area contributed by atoms with E-state index in [0.717, 1.165) is 82.6 Å². The lowest BCUT2D eigenvalue weighted by Gasteiger charge is -2.39. The van der Waals surface area contributed by atoms with E-state index in [1.165, 1.54) is 33.4 Å². The second-order valence-corrected chi connectivity index (χ2v) is 15.8. The Bertz CT molecular complexity index is 1280. The zero-order valence-corrected chi connectivity index (χ0v) is 33.5. The monoisotopic (exact) mass is 736 g/mol. The summed E-state index contributed by atoms with van der Waals surface area (Å²) in [7, 11) is -4.66. The van der Waals surface area contributed by atoms with Gasteiger partial charge in [-0.15, -0.1) is 0 Å². The zero-order chi connectivity index (χ0) is 38.4. The van der Waals surface area contributed by atoms with E-state index in [1.54, 1.807) is 6.08 Å². The molecule has 0 bridgehead atoms. The van der Waals surface area contributed by atoms with Gasteiger partial charge in [0.15, 0.2) is 6.29 Å². The third-order valence-electron chi connectivity index (χ3n) is 9.00. The fraction of sp³-hybridized carbons (Fsp3) is 0.659. The van der Waals surface area contributed by atoms with E-state index in [0.29, 0.717) is 0 Å². The van der Waals surface area contributed by atoms with Crippen molar-refractivity contribution < 1.29 is 43.7 Å². The molecule has 6 atom stereocenters. The molecular formula is C41H69O9P. The molecule has 1 aliphatic heterocycles. The van der Waals surface area contributed by atoms with E-state index in [4.69, 9.17) is 13.8 Å². The first-order valence-electron chi connectivity index (χ1n) is 18.6. The molecule has 0 aromatic heterocycles. The summed E-state index contributed by atoms with van der Waals surface area (Å²) in [6, 6.07) is 0. The summed E-state index contributed by atoms with van der Waals surface area (Å²) in [5, 5.41) is 38.9. The van der Waals surface area contributed by atoms with Crippen LogP contribution in [0.1, 0.15) is 132 Å². The topological polar surface area (TPSA) is 146 Å². The number of ether oxygens (including phenoxy) is 1. The van der Waals surface area contributed by atoms with E-state index in [-0.39, 0.29) is 6.61 Å². The van der Waals surface area contributed by atoms with Crippen LogP contribution >= 0.6 is 7.82 Å². The van der Waals surface area contributed by atoms with E-state index < -0.39 is 45.1 Å². The molecule has 292 valence electrons. The molecule has 9 nitrogen and oxygen atoms in total. The SMILES string of the molecule is CC(C)=CCC/C(C)=C/CC/C(C)=C/CC/C(C)=C/CC/C(C)=C/CC/C(C)=C/CC/C(C)=C/COP(=O)(O)O[C@H]1O[C@H](CO)[C@@H](O)[C@H](O)[C@@H]1O. The van der Waals surface area contributed by atoms with Crippen molar-refractivity contribution in [3.05, 3.63) is 81.5 Å². The first kappa shape index (κ1) is 47.1. The number of hydrogen-bond donors (Lipinski definition) is 5. The van der Waals surface area contributed by atoms with Gasteiger partial charge in [-0.05, 0) is 132 Å². The maximum Gasteiger partial charge on any atom is 0.474 e. The highest BCUT2D eigenvalue weighted by Crippen LogP contribution is 2.46. The highest BCUT2D eigenvalue weighted by Gasteiger charge is 2.46. The van der Waals surface area contributed by atoms with Gasteiger partial charge in [0, 0.05) is 0 Å². The summed E-state index contributed by atoms with van der Waals surface area (Å²) < 4.78 is 27.2. The average Bonchev–Trinajstić information content (AvgIpc) is 3.04. The molecule has 1 fully saturated rings. The van der Waals surface area contributed by atoms with E-state index >= 15 is 0 Å². The molecular weight excluding hydrogens is 667 g/mol. The van der Waals surface area contributed by atoms with Gasteiger partial charge in [0.1, 0.15) is 24.4 Å². The molecule has 0 saturated carbocycles. The van der Waals surface area contributed by atoms with Gasteiger partial charge in [-0.1, -0.05) is 81.5 Å². The quantitative estimate of drug-likeness (QED) is 0.0484. The Kier molecular flexibility index (Phi) is 24.0. The number of allylic oxidation sites excluding steroid dienone is 13. The third-order valence-corrected chi connectivity index (χ3v) is 9.95. The van der Waals surface area contributed by atoms with Crippen LogP contribution < -0.4 is 0 Å². The molecule has 1 saturated heterocycles. The van der Waals surface area contributed by atoms with E-state index in [2.05, 4.69) is 84.9 Å². The molecule has 1 rings (SSSR count). The molecule has 0 radical (unpaired) electrons. The minimum Gasteiger partial charge on any atom is -0.394 e. The Morgan fingerprint density at radius 3 is 1.27 bits per heavy atom. The van der Waals surface area contributed by atoms with Gasteiger partial charge in [0.2, 0.25) is 0 Å². The van der Waals surface area contributed by atoms with Crippen molar-refractivity contribution in [2.24, 2.45) is 0 Å². The van der Waals surface area contributed by atoms with Gasteiger partial charge < -0.3 is 30.1 Å². The Hall–Kier alpha value is -1.91. The van der Waals surface area contributed by atoms with Gasteiger partial charge in [0.25, 0.3) is 0 Å². The van der Waals surface area contributed by atoms with Crippen LogP contribution in [0.5, 0.6) is 0 Å². The normalized spacial score (nSPS) is 24.1. The van der Waals surface area contributed by atoms with Crippen molar-refractivity contribution in [2.45, 2.75) is 163 Å². The first-order chi connectivity index (χ1) is 24.0. The summed E-state index contributed by atoms with van der Waals surface area (Å²) in [4.78, 5) is 10.0. The van der Waals surface area contributed by atoms with Gasteiger partial charge in [-0.25, -0.2) is 4.57 Å². The van der Waals surface area contributed by atoms with Crippen LogP contribution in [0.25, 0.3) is 0 Å². The van der Waals surface area contributed by atoms with Crippen LogP contribution in [0.3, 0.4) is 0 Å². The maximum absolute atomic E-state index is 12.3. The summed E-state index contributed by atoms with van der Waals surface area (Å²) in [5.74, 6) is 0. The summed E-state index contributed by atoms with van der Waals surface area (Å²) in [5.41, 5.74) is 9.54. The number of phosphoric acid groups is 1. The lowest BCUT2D eigenvalue weighted by atomic mass is 10.00. The lowest BCUT2D eigenvalue weighted by molar-refractivity contribution is -0.281. The van der Waals surface area contributed by atoms with Crippen LogP contribution in [0.4, 0.5) is 0 Å². The van der Waals surface area contributed by atoms with Crippen molar-refractivity contribution in [1.82, 2.24) is 0 Å². The van der Waals surface area contributed by atoms with Crippen molar-refractivity contribution in [3.63, 3.8) is 0 Å². The van der Waals surface area contributed by atoms with Crippen LogP contribution in [0.2, 0.25) is 0 Å². The number of phosphoric ester groups is 1. The van der Waals surface area contributed by atoms with Gasteiger partial charge in [-0.3, -0.25) is 9.05 Å². The zero-order valence-electron chi connectivity index (χ0n) is 32.6. The molecule has 0 aromatic rings. The minimum absolute atomic E-state index is 0.204. The largest absolute Gasteiger partial charge is 0.474 e.